The number of ether oxygens (including phenoxy) is 1. The van der Waals surface area contributed by atoms with Gasteiger partial charge in [-0.2, -0.15) is 0 Å². The van der Waals surface area contributed by atoms with E-state index in [1.165, 1.54) is 12.3 Å². The summed E-state index contributed by atoms with van der Waals surface area (Å²) in [5.74, 6) is -0.297. The largest absolute Gasteiger partial charge is 0.466 e. The van der Waals surface area contributed by atoms with Gasteiger partial charge in [0.25, 0.3) is 0 Å². The summed E-state index contributed by atoms with van der Waals surface area (Å²) in [5, 5.41) is 1.33. The Morgan fingerprint density at radius 1 is 1.29 bits per heavy atom. The van der Waals surface area contributed by atoms with Gasteiger partial charge in [-0.15, -0.1) is 0 Å². The van der Waals surface area contributed by atoms with Crippen LogP contribution < -0.4 is 5.19 Å². The Hall–Kier alpha value is -1.35. The summed E-state index contributed by atoms with van der Waals surface area (Å²) >= 11 is 0. The molecule has 1 aromatic carbocycles. The Kier molecular flexibility index (Phi) is 4.29. The zero-order chi connectivity index (χ0) is 13.1. The van der Waals surface area contributed by atoms with Crippen molar-refractivity contribution in [3.8, 4) is 0 Å². The Morgan fingerprint density at radius 3 is 2.29 bits per heavy atom. The molecule has 0 radical (unpaired) electrons. The van der Waals surface area contributed by atoms with Crippen LogP contribution in [0.5, 0.6) is 0 Å². The second kappa shape index (κ2) is 5.32. The molecule has 0 aliphatic carbocycles. The van der Waals surface area contributed by atoms with Crippen molar-refractivity contribution in [2.75, 3.05) is 7.11 Å². The van der Waals surface area contributed by atoms with Crippen molar-refractivity contribution in [1.29, 1.82) is 0 Å². The number of esters is 1. The van der Waals surface area contributed by atoms with Crippen LogP contribution in [-0.2, 0) is 9.53 Å². The van der Waals surface area contributed by atoms with Crippen molar-refractivity contribution in [1.82, 2.24) is 0 Å². The van der Waals surface area contributed by atoms with Gasteiger partial charge < -0.3 is 4.74 Å². The lowest BCUT2D eigenvalue weighted by Crippen LogP contribution is -2.46. The molecule has 1 unspecified atom stereocenters. The molecule has 0 fully saturated rings. The molecule has 0 aliphatic rings. The molecule has 0 saturated heterocycles. The van der Waals surface area contributed by atoms with E-state index in [9.17, 15) is 4.79 Å². The molecule has 0 aliphatic heterocycles. The van der Waals surface area contributed by atoms with Crippen molar-refractivity contribution in [2.45, 2.75) is 25.6 Å². The summed E-state index contributed by atoms with van der Waals surface area (Å²) < 4.78 is 4.75. The molecule has 0 N–H and O–H groups in total. The minimum atomic E-state index is -1.73. The van der Waals surface area contributed by atoms with Gasteiger partial charge in [-0.25, -0.2) is 4.79 Å². The van der Waals surface area contributed by atoms with Gasteiger partial charge in [0.15, 0.2) is 0 Å². The van der Waals surface area contributed by atoms with Gasteiger partial charge in [0.05, 0.1) is 15.2 Å². The average molecular weight is 248 g/mol. The third-order valence-corrected chi connectivity index (χ3v) is 7.91. The number of hydrogen-bond donors (Lipinski definition) is 0. The molecule has 0 saturated carbocycles. The number of rotatable bonds is 4. The molecule has 92 valence electrons. The molecular formula is C14H20O2Si. The van der Waals surface area contributed by atoms with Crippen molar-refractivity contribution < 1.29 is 9.53 Å². The second-order valence-corrected chi connectivity index (χ2v) is 9.71. The fourth-order valence-electron chi connectivity index (χ4n) is 1.86. The molecule has 0 bridgehead atoms. The maximum atomic E-state index is 11.5. The monoisotopic (exact) mass is 248 g/mol. The van der Waals surface area contributed by atoms with E-state index in [0.717, 1.165) is 0 Å². The summed E-state index contributed by atoms with van der Waals surface area (Å²) in [6.45, 7) is 10.4. The van der Waals surface area contributed by atoms with E-state index in [0.29, 0.717) is 5.57 Å². The predicted octanol–water partition coefficient (Wildman–Crippen LogP) is 2.72. The van der Waals surface area contributed by atoms with E-state index in [1.807, 2.05) is 18.2 Å². The molecule has 2 nitrogen and oxygen atoms in total. The zero-order valence-corrected chi connectivity index (χ0v) is 12.0. The lowest BCUT2D eigenvalue weighted by molar-refractivity contribution is -0.136. The van der Waals surface area contributed by atoms with E-state index < -0.39 is 8.07 Å². The molecule has 1 atom stereocenters. The van der Waals surface area contributed by atoms with Gasteiger partial charge in [0, 0.05) is 5.57 Å². The number of carbonyl (C=O) groups is 1. The lowest BCUT2D eigenvalue weighted by Gasteiger charge is -2.30. The fraction of sp³-hybridized carbons (Fsp3) is 0.357. The van der Waals surface area contributed by atoms with E-state index in [2.05, 4.69) is 38.7 Å². The van der Waals surface area contributed by atoms with Gasteiger partial charge in [-0.1, -0.05) is 62.1 Å². The molecule has 0 spiro atoms. The van der Waals surface area contributed by atoms with Gasteiger partial charge >= 0.3 is 5.97 Å². The van der Waals surface area contributed by atoms with Crippen LogP contribution >= 0.6 is 0 Å². The smallest absolute Gasteiger partial charge is 0.333 e. The number of hydrogen-bond acceptors (Lipinski definition) is 2. The first-order valence-electron chi connectivity index (χ1n) is 5.74. The number of benzene rings is 1. The van der Waals surface area contributed by atoms with Crippen LogP contribution in [0.3, 0.4) is 0 Å². The van der Waals surface area contributed by atoms with Crippen LogP contribution in [0, 0.1) is 0 Å². The maximum absolute atomic E-state index is 11.5. The first-order chi connectivity index (χ1) is 7.91. The summed E-state index contributed by atoms with van der Waals surface area (Å²) in [6.07, 6.45) is 0. The van der Waals surface area contributed by atoms with Gasteiger partial charge in [-0.3, -0.25) is 0 Å². The topological polar surface area (TPSA) is 26.3 Å². The van der Waals surface area contributed by atoms with E-state index in [1.54, 1.807) is 0 Å². The molecule has 1 aromatic rings. The van der Waals surface area contributed by atoms with Crippen molar-refractivity contribution in [3.05, 3.63) is 42.5 Å². The summed E-state index contributed by atoms with van der Waals surface area (Å²) in [4.78, 5) is 11.5. The van der Waals surface area contributed by atoms with Crippen LogP contribution in [0.15, 0.2) is 42.5 Å². The molecule has 0 heterocycles. The number of methoxy groups -OCH3 is 1. The van der Waals surface area contributed by atoms with Gasteiger partial charge in [-0.05, 0) is 5.54 Å². The zero-order valence-electron chi connectivity index (χ0n) is 11.0. The Bertz CT molecular complexity index is 409. The maximum Gasteiger partial charge on any atom is 0.333 e. The molecule has 3 heteroatoms. The standard InChI is InChI=1S/C14H20O2Si/c1-11(14(15)16-3)12(2)17(4,5)13-9-7-6-8-10-13/h6-10,12H,1H2,2-5H3. The molecule has 17 heavy (non-hydrogen) atoms. The predicted molar refractivity (Wildman–Crippen MR) is 74.1 cm³/mol. The third kappa shape index (κ3) is 2.85. The van der Waals surface area contributed by atoms with Crippen LogP contribution in [0.2, 0.25) is 18.6 Å². The Labute approximate surface area is 104 Å². The van der Waals surface area contributed by atoms with Crippen LogP contribution in [0.1, 0.15) is 6.92 Å². The SMILES string of the molecule is C=C(C(=O)OC)C(C)[Si](C)(C)c1ccccc1. The van der Waals surface area contributed by atoms with Crippen LogP contribution in [-0.4, -0.2) is 21.2 Å². The van der Waals surface area contributed by atoms with Crippen LogP contribution in [0.4, 0.5) is 0 Å². The minimum absolute atomic E-state index is 0.164. The first-order valence-corrected chi connectivity index (χ1v) is 8.81. The van der Waals surface area contributed by atoms with Crippen molar-refractivity contribution >= 4 is 19.2 Å². The minimum Gasteiger partial charge on any atom is -0.466 e. The highest BCUT2D eigenvalue weighted by Crippen LogP contribution is 2.28. The molecule has 0 amide bonds. The van der Waals surface area contributed by atoms with E-state index >= 15 is 0 Å². The van der Waals surface area contributed by atoms with Crippen LogP contribution in [0.25, 0.3) is 0 Å². The third-order valence-electron chi connectivity index (χ3n) is 3.57. The van der Waals surface area contributed by atoms with E-state index in [-0.39, 0.29) is 11.5 Å². The Morgan fingerprint density at radius 2 is 1.82 bits per heavy atom. The summed E-state index contributed by atoms with van der Waals surface area (Å²) in [6, 6.07) is 10.4. The molecule has 0 aromatic heterocycles. The normalized spacial score (nSPS) is 12.9. The molecular weight excluding hydrogens is 228 g/mol. The van der Waals surface area contributed by atoms with Crippen molar-refractivity contribution in [3.63, 3.8) is 0 Å². The highest BCUT2D eigenvalue weighted by atomic mass is 28.3. The van der Waals surface area contributed by atoms with E-state index in [4.69, 9.17) is 4.74 Å². The summed E-state index contributed by atoms with van der Waals surface area (Å²) in [7, 11) is -0.325. The quantitative estimate of drug-likeness (QED) is 0.465. The lowest BCUT2D eigenvalue weighted by atomic mass is 10.2. The Balaban J connectivity index is 2.99. The van der Waals surface area contributed by atoms with Gasteiger partial charge in [0.2, 0.25) is 0 Å². The highest BCUT2D eigenvalue weighted by Gasteiger charge is 2.34. The average Bonchev–Trinajstić information content (AvgIpc) is 2.37. The highest BCUT2D eigenvalue weighted by molar-refractivity contribution is 6.91. The first kappa shape index (κ1) is 13.7. The summed E-state index contributed by atoms with van der Waals surface area (Å²) in [5.41, 5.74) is 0.741. The fourth-order valence-corrected chi connectivity index (χ4v) is 4.40. The number of carbonyl (C=O) groups excluding carboxylic acids is 1. The van der Waals surface area contributed by atoms with Crippen molar-refractivity contribution in [2.24, 2.45) is 0 Å². The molecule has 1 rings (SSSR count). The van der Waals surface area contributed by atoms with Gasteiger partial charge in [0.1, 0.15) is 0 Å². The second-order valence-electron chi connectivity index (χ2n) is 4.83.